The summed E-state index contributed by atoms with van der Waals surface area (Å²) >= 11 is 3.61. The second-order valence-corrected chi connectivity index (χ2v) is 4.79. The van der Waals surface area contributed by atoms with Crippen molar-refractivity contribution < 1.29 is 0 Å². The molecule has 1 aliphatic rings. The molecule has 1 aromatic rings. The summed E-state index contributed by atoms with van der Waals surface area (Å²) in [6, 6.07) is 8.58. The molecule has 2 atom stereocenters. The Morgan fingerprint density at radius 1 is 1.43 bits per heavy atom. The molecule has 1 saturated carbocycles. The zero-order valence-corrected chi connectivity index (χ0v) is 10.0. The molecule has 14 heavy (non-hydrogen) atoms. The maximum Gasteiger partial charge on any atom is 0.0210 e. The standard InChI is InChI=1S/C12H16BrN/c1-2-14-8-9-7-11(9)10-5-3-4-6-12(10)13/h3-6,9,11,14H,2,7-8H2,1H3. The summed E-state index contributed by atoms with van der Waals surface area (Å²) in [6.45, 7) is 4.41. The summed E-state index contributed by atoms with van der Waals surface area (Å²) in [7, 11) is 0. The zero-order chi connectivity index (χ0) is 9.97. The van der Waals surface area contributed by atoms with E-state index in [0.717, 1.165) is 18.4 Å². The summed E-state index contributed by atoms with van der Waals surface area (Å²) in [4.78, 5) is 0. The quantitative estimate of drug-likeness (QED) is 0.870. The Kier molecular flexibility index (Phi) is 3.24. The van der Waals surface area contributed by atoms with Crippen LogP contribution in [0.1, 0.15) is 24.8 Å². The first-order valence-electron chi connectivity index (χ1n) is 5.28. The first-order chi connectivity index (χ1) is 6.83. The summed E-state index contributed by atoms with van der Waals surface area (Å²) in [5.74, 6) is 1.64. The van der Waals surface area contributed by atoms with E-state index in [2.05, 4.69) is 52.4 Å². The SMILES string of the molecule is CCNCC1CC1c1ccccc1Br. The largest absolute Gasteiger partial charge is 0.317 e. The van der Waals surface area contributed by atoms with Gasteiger partial charge in [-0.05, 0) is 43.0 Å². The van der Waals surface area contributed by atoms with Crippen LogP contribution in [0, 0.1) is 5.92 Å². The average Bonchev–Trinajstić information content (AvgIpc) is 2.95. The van der Waals surface area contributed by atoms with E-state index in [4.69, 9.17) is 0 Å². The van der Waals surface area contributed by atoms with Gasteiger partial charge in [0.05, 0.1) is 0 Å². The van der Waals surface area contributed by atoms with Crippen molar-refractivity contribution in [2.24, 2.45) is 5.92 Å². The van der Waals surface area contributed by atoms with E-state index in [1.165, 1.54) is 23.0 Å². The Bertz CT molecular complexity index is 311. The van der Waals surface area contributed by atoms with Crippen molar-refractivity contribution in [3.05, 3.63) is 34.3 Å². The smallest absolute Gasteiger partial charge is 0.0210 e. The molecule has 0 amide bonds. The highest BCUT2D eigenvalue weighted by Gasteiger charge is 2.38. The number of halogens is 1. The molecule has 1 fully saturated rings. The zero-order valence-electron chi connectivity index (χ0n) is 8.46. The van der Waals surface area contributed by atoms with Crippen molar-refractivity contribution in [1.82, 2.24) is 5.32 Å². The minimum atomic E-state index is 0.782. The Morgan fingerprint density at radius 3 is 2.93 bits per heavy atom. The monoisotopic (exact) mass is 253 g/mol. The van der Waals surface area contributed by atoms with E-state index in [1.807, 2.05) is 0 Å². The predicted molar refractivity (Wildman–Crippen MR) is 63.5 cm³/mol. The molecule has 0 radical (unpaired) electrons. The lowest BCUT2D eigenvalue weighted by atomic mass is 10.1. The van der Waals surface area contributed by atoms with E-state index in [9.17, 15) is 0 Å². The topological polar surface area (TPSA) is 12.0 Å². The van der Waals surface area contributed by atoms with Crippen LogP contribution in [0.4, 0.5) is 0 Å². The molecule has 0 spiro atoms. The lowest BCUT2D eigenvalue weighted by Gasteiger charge is -2.03. The van der Waals surface area contributed by atoms with Crippen molar-refractivity contribution in [1.29, 1.82) is 0 Å². The van der Waals surface area contributed by atoms with E-state index >= 15 is 0 Å². The summed E-state index contributed by atoms with van der Waals surface area (Å²) < 4.78 is 1.27. The van der Waals surface area contributed by atoms with Gasteiger partial charge in [0.25, 0.3) is 0 Å². The van der Waals surface area contributed by atoms with Crippen LogP contribution in [-0.4, -0.2) is 13.1 Å². The Labute approximate surface area is 94.0 Å². The summed E-state index contributed by atoms with van der Waals surface area (Å²) in [5, 5.41) is 3.41. The predicted octanol–water partition coefficient (Wildman–Crippen LogP) is 3.16. The van der Waals surface area contributed by atoms with Crippen molar-refractivity contribution in [3.63, 3.8) is 0 Å². The molecule has 76 valence electrons. The molecular formula is C12H16BrN. The van der Waals surface area contributed by atoms with Crippen molar-refractivity contribution in [2.45, 2.75) is 19.3 Å². The van der Waals surface area contributed by atoms with Crippen LogP contribution >= 0.6 is 15.9 Å². The van der Waals surface area contributed by atoms with Crippen molar-refractivity contribution in [2.75, 3.05) is 13.1 Å². The highest BCUT2D eigenvalue weighted by Crippen LogP contribution is 2.48. The lowest BCUT2D eigenvalue weighted by molar-refractivity contribution is 0.649. The fraction of sp³-hybridized carbons (Fsp3) is 0.500. The average molecular weight is 254 g/mol. The van der Waals surface area contributed by atoms with Gasteiger partial charge in [0.2, 0.25) is 0 Å². The third-order valence-corrected chi connectivity index (χ3v) is 3.61. The van der Waals surface area contributed by atoms with Crippen LogP contribution in [0.3, 0.4) is 0 Å². The van der Waals surface area contributed by atoms with Gasteiger partial charge in [-0.3, -0.25) is 0 Å². The van der Waals surface area contributed by atoms with Crippen LogP contribution < -0.4 is 5.32 Å². The van der Waals surface area contributed by atoms with Crippen LogP contribution in [0.15, 0.2) is 28.7 Å². The Balaban J connectivity index is 1.96. The second kappa shape index (κ2) is 4.45. The molecule has 0 heterocycles. The molecule has 0 bridgehead atoms. The Morgan fingerprint density at radius 2 is 2.21 bits per heavy atom. The summed E-state index contributed by atoms with van der Waals surface area (Å²) in [6.07, 6.45) is 1.34. The highest BCUT2D eigenvalue weighted by atomic mass is 79.9. The third kappa shape index (κ3) is 2.18. The maximum atomic E-state index is 3.61. The van der Waals surface area contributed by atoms with Gasteiger partial charge < -0.3 is 5.32 Å². The molecular weight excluding hydrogens is 238 g/mol. The van der Waals surface area contributed by atoms with Gasteiger partial charge in [0.1, 0.15) is 0 Å². The van der Waals surface area contributed by atoms with E-state index < -0.39 is 0 Å². The molecule has 1 aromatic carbocycles. The molecule has 0 aliphatic heterocycles. The van der Waals surface area contributed by atoms with Crippen LogP contribution in [0.25, 0.3) is 0 Å². The van der Waals surface area contributed by atoms with Crippen LogP contribution in [0.2, 0.25) is 0 Å². The van der Waals surface area contributed by atoms with E-state index in [-0.39, 0.29) is 0 Å². The maximum absolute atomic E-state index is 3.61. The van der Waals surface area contributed by atoms with Gasteiger partial charge in [-0.25, -0.2) is 0 Å². The number of hydrogen-bond acceptors (Lipinski definition) is 1. The van der Waals surface area contributed by atoms with Gasteiger partial charge in [-0.1, -0.05) is 41.1 Å². The van der Waals surface area contributed by atoms with Crippen LogP contribution in [0.5, 0.6) is 0 Å². The van der Waals surface area contributed by atoms with Crippen molar-refractivity contribution >= 4 is 15.9 Å². The summed E-state index contributed by atoms with van der Waals surface area (Å²) in [5.41, 5.74) is 1.48. The fourth-order valence-corrected chi connectivity index (χ4v) is 2.54. The molecule has 0 saturated heterocycles. The minimum absolute atomic E-state index is 0.782. The lowest BCUT2D eigenvalue weighted by Crippen LogP contribution is -2.16. The number of rotatable bonds is 4. The molecule has 2 rings (SSSR count). The second-order valence-electron chi connectivity index (χ2n) is 3.93. The van der Waals surface area contributed by atoms with E-state index in [0.29, 0.717) is 0 Å². The van der Waals surface area contributed by atoms with Gasteiger partial charge in [-0.15, -0.1) is 0 Å². The molecule has 0 aromatic heterocycles. The molecule has 1 nitrogen and oxygen atoms in total. The normalized spacial score (nSPS) is 25.0. The molecule has 1 aliphatic carbocycles. The first kappa shape index (κ1) is 10.2. The molecule has 1 N–H and O–H groups in total. The number of benzene rings is 1. The fourth-order valence-electron chi connectivity index (χ4n) is 1.96. The van der Waals surface area contributed by atoms with Crippen molar-refractivity contribution in [3.8, 4) is 0 Å². The van der Waals surface area contributed by atoms with Gasteiger partial charge in [0.15, 0.2) is 0 Å². The van der Waals surface area contributed by atoms with Gasteiger partial charge >= 0.3 is 0 Å². The first-order valence-corrected chi connectivity index (χ1v) is 6.07. The van der Waals surface area contributed by atoms with E-state index in [1.54, 1.807) is 0 Å². The highest BCUT2D eigenvalue weighted by molar-refractivity contribution is 9.10. The van der Waals surface area contributed by atoms with Gasteiger partial charge in [-0.2, -0.15) is 0 Å². The number of nitrogens with one attached hydrogen (secondary N) is 1. The Hall–Kier alpha value is -0.340. The van der Waals surface area contributed by atoms with Gasteiger partial charge in [0, 0.05) is 4.47 Å². The third-order valence-electron chi connectivity index (χ3n) is 2.88. The number of hydrogen-bond donors (Lipinski definition) is 1. The molecule has 2 unspecified atom stereocenters. The molecule has 2 heteroatoms. The van der Waals surface area contributed by atoms with Crippen LogP contribution in [-0.2, 0) is 0 Å². The minimum Gasteiger partial charge on any atom is -0.317 e.